The first-order valence-corrected chi connectivity index (χ1v) is 5.32. The minimum Gasteiger partial charge on any atom is -0.377 e. The summed E-state index contributed by atoms with van der Waals surface area (Å²) in [5, 5.41) is 10.6. The second-order valence-corrected chi connectivity index (χ2v) is 4.33. The Kier molecular flexibility index (Phi) is 2.56. The van der Waals surface area contributed by atoms with E-state index in [2.05, 4.69) is 9.97 Å². The number of aromatic amines is 1. The number of H-pyrrole nitrogens is 1. The average molecular weight is 216 g/mol. The van der Waals surface area contributed by atoms with Gasteiger partial charge in [-0.25, -0.2) is 4.98 Å². The number of rotatable bonds is 2. The highest BCUT2D eigenvalue weighted by Crippen LogP contribution is 2.29. The van der Waals surface area contributed by atoms with Crippen LogP contribution in [-0.2, 0) is 5.60 Å². The molecule has 1 heterocycles. The lowest BCUT2D eigenvalue weighted by atomic mass is 9.90. The molecule has 1 atom stereocenters. The van der Waals surface area contributed by atoms with Crippen LogP contribution in [0.3, 0.4) is 0 Å². The maximum Gasteiger partial charge on any atom is 0.144 e. The van der Waals surface area contributed by atoms with Crippen LogP contribution >= 0.6 is 0 Å². The van der Waals surface area contributed by atoms with Crippen molar-refractivity contribution in [1.29, 1.82) is 0 Å². The lowest BCUT2D eigenvalue weighted by Gasteiger charge is -2.23. The Hall–Kier alpha value is -1.61. The Labute approximate surface area is 95.2 Å². The van der Waals surface area contributed by atoms with E-state index in [1.54, 1.807) is 19.3 Å². The molecule has 84 valence electrons. The summed E-state index contributed by atoms with van der Waals surface area (Å²) in [6.45, 7) is 5.76. The fraction of sp³-hybridized carbons (Fsp3) is 0.308. The van der Waals surface area contributed by atoms with E-state index in [1.165, 1.54) is 0 Å². The number of imidazole rings is 1. The zero-order chi connectivity index (χ0) is 11.8. The molecule has 0 spiro atoms. The van der Waals surface area contributed by atoms with Crippen LogP contribution in [0.1, 0.15) is 29.4 Å². The quantitative estimate of drug-likeness (QED) is 0.809. The molecule has 16 heavy (non-hydrogen) atoms. The third kappa shape index (κ3) is 1.74. The monoisotopic (exact) mass is 216 g/mol. The molecule has 0 unspecified atom stereocenters. The zero-order valence-electron chi connectivity index (χ0n) is 9.78. The van der Waals surface area contributed by atoms with Crippen LogP contribution in [-0.4, -0.2) is 15.1 Å². The summed E-state index contributed by atoms with van der Waals surface area (Å²) in [6.07, 6.45) is 3.36. The molecular formula is C13H16N2O. The molecule has 1 aromatic heterocycles. The highest BCUT2D eigenvalue weighted by molar-refractivity contribution is 5.38. The van der Waals surface area contributed by atoms with Crippen LogP contribution in [0.25, 0.3) is 0 Å². The Morgan fingerprint density at radius 2 is 2.06 bits per heavy atom. The minimum atomic E-state index is -1.07. The van der Waals surface area contributed by atoms with E-state index in [0.29, 0.717) is 5.82 Å². The van der Waals surface area contributed by atoms with Crippen LogP contribution in [0.2, 0.25) is 0 Å². The van der Waals surface area contributed by atoms with E-state index < -0.39 is 5.60 Å². The van der Waals surface area contributed by atoms with E-state index in [1.807, 2.05) is 32.0 Å². The maximum atomic E-state index is 10.6. The first-order valence-electron chi connectivity index (χ1n) is 5.32. The summed E-state index contributed by atoms with van der Waals surface area (Å²) in [5.74, 6) is 0.571. The number of benzene rings is 1. The van der Waals surface area contributed by atoms with E-state index in [4.69, 9.17) is 0 Å². The predicted molar refractivity (Wildman–Crippen MR) is 63.2 cm³/mol. The van der Waals surface area contributed by atoms with Gasteiger partial charge in [0.2, 0.25) is 0 Å². The van der Waals surface area contributed by atoms with E-state index in [0.717, 1.165) is 16.7 Å². The fourth-order valence-corrected chi connectivity index (χ4v) is 1.92. The van der Waals surface area contributed by atoms with Crippen molar-refractivity contribution in [2.75, 3.05) is 0 Å². The number of aromatic nitrogens is 2. The molecule has 0 aliphatic heterocycles. The SMILES string of the molecule is Cc1ccc(C)c([C@](C)(O)c2ncc[nH]2)c1. The normalized spacial score (nSPS) is 14.8. The molecule has 0 saturated carbocycles. The molecular weight excluding hydrogens is 200 g/mol. The number of nitrogens with one attached hydrogen (secondary N) is 1. The van der Waals surface area contributed by atoms with Gasteiger partial charge in [0, 0.05) is 12.4 Å². The van der Waals surface area contributed by atoms with E-state index in [9.17, 15) is 5.11 Å². The molecule has 0 saturated heterocycles. The molecule has 3 heteroatoms. The second-order valence-electron chi connectivity index (χ2n) is 4.33. The van der Waals surface area contributed by atoms with Crippen molar-refractivity contribution in [2.45, 2.75) is 26.4 Å². The molecule has 0 radical (unpaired) electrons. The molecule has 1 aromatic carbocycles. The molecule has 0 aliphatic rings. The highest BCUT2D eigenvalue weighted by atomic mass is 16.3. The molecule has 2 rings (SSSR count). The minimum absolute atomic E-state index is 0.571. The van der Waals surface area contributed by atoms with Gasteiger partial charge < -0.3 is 10.1 Å². The van der Waals surface area contributed by atoms with Crippen LogP contribution in [0.5, 0.6) is 0 Å². The lowest BCUT2D eigenvalue weighted by Crippen LogP contribution is -2.25. The standard InChI is InChI=1S/C13H16N2O/c1-9-4-5-10(2)11(8-9)13(3,16)12-14-6-7-15-12/h4-8,16H,1-3H3,(H,14,15)/t13-/m0/s1. The van der Waals surface area contributed by atoms with Crippen LogP contribution in [0, 0.1) is 13.8 Å². The van der Waals surface area contributed by atoms with Crippen molar-refractivity contribution < 1.29 is 5.11 Å². The van der Waals surface area contributed by atoms with Gasteiger partial charge in [-0.15, -0.1) is 0 Å². The molecule has 2 aromatic rings. The van der Waals surface area contributed by atoms with Gasteiger partial charge in [-0.2, -0.15) is 0 Å². The predicted octanol–water partition coefficient (Wildman–Crippen LogP) is 2.28. The molecule has 3 nitrogen and oxygen atoms in total. The molecule has 0 aliphatic carbocycles. The topological polar surface area (TPSA) is 48.9 Å². The molecule has 0 amide bonds. The van der Waals surface area contributed by atoms with Gasteiger partial charge in [-0.3, -0.25) is 0 Å². The third-order valence-corrected chi connectivity index (χ3v) is 2.88. The fourth-order valence-electron chi connectivity index (χ4n) is 1.92. The van der Waals surface area contributed by atoms with Gasteiger partial charge >= 0.3 is 0 Å². The lowest BCUT2D eigenvalue weighted by molar-refractivity contribution is 0.0924. The molecule has 0 fully saturated rings. The van der Waals surface area contributed by atoms with Crippen LogP contribution in [0.4, 0.5) is 0 Å². The van der Waals surface area contributed by atoms with Crippen molar-refractivity contribution in [1.82, 2.24) is 9.97 Å². The smallest absolute Gasteiger partial charge is 0.144 e. The summed E-state index contributed by atoms with van der Waals surface area (Å²) in [6, 6.07) is 6.05. The van der Waals surface area contributed by atoms with Crippen molar-refractivity contribution in [3.05, 3.63) is 53.1 Å². The zero-order valence-corrected chi connectivity index (χ0v) is 9.78. The van der Waals surface area contributed by atoms with Crippen molar-refractivity contribution in [3.63, 3.8) is 0 Å². The first kappa shape index (κ1) is 10.9. The number of hydrogen-bond acceptors (Lipinski definition) is 2. The van der Waals surface area contributed by atoms with E-state index >= 15 is 0 Å². The van der Waals surface area contributed by atoms with Gasteiger partial charge in [0.15, 0.2) is 0 Å². The Bertz CT molecular complexity index is 487. The van der Waals surface area contributed by atoms with Gasteiger partial charge in [-0.05, 0) is 31.9 Å². The second kappa shape index (κ2) is 3.76. The Morgan fingerprint density at radius 1 is 1.31 bits per heavy atom. The van der Waals surface area contributed by atoms with Gasteiger partial charge in [0.1, 0.15) is 11.4 Å². The Balaban J connectivity index is 2.55. The molecule has 2 N–H and O–H groups in total. The summed E-state index contributed by atoms with van der Waals surface area (Å²) >= 11 is 0. The highest BCUT2D eigenvalue weighted by Gasteiger charge is 2.29. The maximum absolute atomic E-state index is 10.6. The average Bonchev–Trinajstić information content (AvgIpc) is 2.75. The van der Waals surface area contributed by atoms with Crippen LogP contribution in [0.15, 0.2) is 30.6 Å². The van der Waals surface area contributed by atoms with E-state index in [-0.39, 0.29) is 0 Å². The largest absolute Gasteiger partial charge is 0.377 e. The summed E-state index contributed by atoms with van der Waals surface area (Å²) in [4.78, 5) is 7.09. The van der Waals surface area contributed by atoms with Crippen molar-refractivity contribution in [3.8, 4) is 0 Å². The first-order chi connectivity index (χ1) is 7.51. The summed E-state index contributed by atoms with van der Waals surface area (Å²) < 4.78 is 0. The van der Waals surface area contributed by atoms with Crippen LogP contribution < -0.4 is 0 Å². The summed E-state index contributed by atoms with van der Waals surface area (Å²) in [7, 11) is 0. The number of aliphatic hydroxyl groups is 1. The third-order valence-electron chi connectivity index (χ3n) is 2.88. The molecule has 0 bridgehead atoms. The van der Waals surface area contributed by atoms with Crippen molar-refractivity contribution in [2.24, 2.45) is 0 Å². The summed E-state index contributed by atoms with van der Waals surface area (Å²) in [5.41, 5.74) is 2.02. The Morgan fingerprint density at radius 3 is 2.69 bits per heavy atom. The van der Waals surface area contributed by atoms with Gasteiger partial charge in [0.05, 0.1) is 0 Å². The number of aryl methyl sites for hydroxylation is 2. The van der Waals surface area contributed by atoms with Crippen molar-refractivity contribution >= 4 is 0 Å². The number of hydrogen-bond donors (Lipinski definition) is 2. The van der Waals surface area contributed by atoms with Gasteiger partial charge in [-0.1, -0.05) is 23.8 Å². The number of nitrogens with zero attached hydrogens (tertiary/aromatic N) is 1. The van der Waals surface area contributed by atoms with Gasteiger partial charge in [0.25, 0.3) is 0 Å².